The number of rotatable bonds is 9. The van der Waals surface area contributed by atoms with E-state index in [0.29, 0.717) is 36.9 Å². The van der Waals surface area contributed by atoms with Crippen LogP contribution in [0.5, 0.6) is 5.75 Å². The third-order valence-corrected chi connectivity index (χ3v) is 4.60. The fourth-order valence-corrected chi connectivity index (χ4v) is 3.01. The van der Waals surface area contributed by atoms with Crippen LogP contribution < -0.4 is 10.1 Å². The molecule has 1 amide bonds. The van der Waals surface area contributed by atoms with Crippen molar-refractivity contribution in [3.8, 4) is 5.75 Å². The van der Waals surface area contributed by atoms with E-state index in [1.54, 1.807) is 12.3 Å². The maximum absolute atomic E-state index is 12.0. The van der Waals surface area contributed by atoms with Crippen LogP contribution in [0.2, 0.25) is 0 Å². The smallest absolute Gasteiger partial charge is 0.311 e. The molecule has 0 aliphatic carbocycles. The van der Waals surface area contributed by atoms with Gasteiger partial charge in [0.15, 0.2) is 5.13 Å². The molecule has 0 aliphatic rings. The molecule has 0 spiro atoms. The zero-order valence-electron chi connectivity index (χ0n) is 15.3. The minimum atomic E-state index is -0.320. The van der Waals surface area contributed by atoms with Crippen molar-refractivity contribution in [2.75, 3.05) is 18.5 Å². The molecule has 0 unspecified atom stereocenters. The van der Waals surface area contributed by atoms with E-state index >= 15 is 0 Å². The molecule has 0 fully saturated rings. The fraction of sp³-hybridized carbons (Fsp3) is 0.421. The Kier molecular flexibility index (Phi) is 7.59. The van der Waals surface area contributed by atoms with Gasteiger partial charge in [-0.2, -0.15) is 0 Å². The van der Waals surface area contributed by atoms with E-state index in [1.165, 1.54) is 16.9 Å². The van der Waals surface area contributed by atoms with Crippen molar-refractivity contribution >= 4 is 28.3 Å². The number of ether oxygens (including phenoxy) is 2. The van der Waals surface area contributed by atoms with E-state index in [-0.39, 0.29) is 18.3 Å². The molecule has 1 N–H and O–H groups in total. The number of carbonyl (C=O) groups is 2. The monoisotopic (exact) mass is 376 g/mol. The van der Waals surface area contributed by atoms with Gasteiger partial charge in [-0.05, 0) is 44.4 Å². The minimum absolute atomic E-state index is 0.115. The van der Waals surface area contributed by atoms with Crippen molar-refractivity contribution in [1.29, 1.82) is 0 Å². The van der Waals surface area contributed by atoms with Crippen molar-refractivity contribution in [2.45, 2.75) is 40.0 Å². The first-order valence-electron chi connectivity index (χ1n) is 8.58. The molecule has 1 aromatic heterocycles. The second-order valence-electron chi connectivity index (χ2n) is 5.82. The third kappa shape index (κ3) is 6.15. The quantitative estimate of drug-likeness (QED) is 0.534. The summed E-state index contributed by atoms with van der Waals surface area (Å²) in [4.78, 5) is 27.6. The molecule has 0 saturated carbocycles. The average Bonchev–Trinajstić information content (AvgIpc) is 3.02. The highest BCUT2D eigenvalue weighted by Crippen LogP contribution is 2.21. The van der Waals surface area contributed by atoms with Crippen LogP contribution in [0.25, 0.3) is 0 Å². The van der Waals surface area contributed by atoms with E-state index in [4.69, 9.17) is 9.47 Å². The minimum Gasteiger partial charge on any atom is -0.493 e. The summed E-state index contributed by atoms with van der Waals surface area (Å²) in [6.45, 7) is 6.64. The van der Waals surface area contributed by atoms with Crippen LogP contribution in [-0.4, -0.2) is 30.1 Å². The van der Waals surface area contributed by atoms with Crippen LogP contribution in [0.3, 0.4) is 0 Å². The lowest BCUT2D eigenvalue weighted by atomic mass is 10.1. The zero-order valence-corrected chi connectivity index (χ0v) is 16.1. The number of esters is 1. The van der Waals surface area contributed by atoms with Gasteiger partial charge in [0.2, 0.25) is 5.91 Å². The Balaban J connectivity index is 1.71. The average molecular weight is 376 g/mol. The number of hydrogen-bond acceptors (Lipinski definition) is 6. The molecule has 1 heterocycles. The number of benzene rings is 1. The molecule has 0 radical (unpaired) electrons. The van der Waals surface area contributed by atoms with Gasteiger partial charge in [-0.3, -0.25) is 9.59 Å². The summed E-state index contributed by atoms with van der Waals surface area (Å²) in [5, 5.41) is 4.98. The highest BCUT2D eigenvalue weighted by Gasteiger charge is 2.10. The van der Waals surface area contributed by atoms with E-state index in [1.807, 2.05) is 32.0 Å². The predicted molar refractivity (Wildman–Crippen MR) is 102 cm³/mol. The number of nitrogens with zero attached hydrogens (tertiary/aromatic N) is 1. The third-order valence-electron chi connectivity index (χ3n) is 3.79. The van der Waals surface area contributed by atoms with E-state index < -0.39 is 0 Å². The number of aryl methyl sites for hydroxylation is 1. The highest BCUT2D eigenvalue weighted by molar-refractivity contribution is 7.13. The molecule has 2 aromatic rings. The molecular weight excluding hydrogens is 352 g/mol. The Hall–Kier alpha value is -2.41. The summed E-state index contributed by atoms with van der Waals surface area (Å²) in [7, 11) is 0. The first kappa shape index (κ1) is 19.9. The van der Waals surface area contributed by atoms with Crippen molar-refractivity contribution in [1.82, 2.24) is 4.98 Å². The van der Waals surface area contributed by atoms with Gasteiger partial charge in [0, 0.05) is 11.8 Å². The van der Waals surface area contributed by atoms with Gasteiger partial charge in [-0.25, -0.2) is 4.98 Å². The normalized spacial score (nSPS) is 10.4. The SMILES string of the molecule is CCOC(=O)Cc1csc(NC(=O)CCCOc2cccc(C)c2C)n1. The number of hydrogen-bond donors (Lipinski definition) is 1. The standard InChI is InChI=1S/C19H24N2O4S/c1-4-24-18(23)11-15-12-26-19(20-15)21-17(22)9-6-10-25-16-8-5-7-13(2)14(16)3/h5,7-8,12H,4,6,9-11H2,1-3H3,(H,20,21,22). The van der Waals surface area contributed by atoms with Gasteiger partial charge in [-0.15, -0.1) is 11.3 Å². The van der Waals surface area contributed by atoms with E-state index in [2.05, 4.69) is 10.3 Å². The lowest BCUT2D eigenvalue weighted by Gasteiger charge is -2.10. The summed E-state index contributed by atoms with van der Waals surface area (Å²) in [5.74, 6) is 0.416. The molecule has 26 heavy (non-hydrogen) atoms. The number of nitrogens with one attached hydrogen (secondary N) is 1. The molecule has 0 atom stereocenters. The largest absolute Gasteiger partial charge is 0.493 e. The van der Waals surface area contributed by atoms with Gasteiger partial charge < -0.3 is 14.8 Å². The lowest BCUT2D eigenvalue weighted by Crippen LogP contribution is -2.13. The first-order chi connectivity index (χ1) is 12.5. The van der Waals surface area contributed by atoms with Crippen LogP contribution in [0.4, 0.5) is 5.13 Å². The number of carbonyl (C=O) groups excluding carboxylic acids is 2. The number of thiazole rings is 1. The lowest BCUT2D eigenvalue weighted by molar-refractivity contribution is -0.142. The Bertz CT molecular complexity index is 758. The summed E-state index contributed by atoms with van der Waals surface area (Å²) < 4.78 is 10.6. The molecule has 0 bridgehead atoms. The van der Waals surface area contributed by atoms with Crippen LogP contribution in [0, 0.1) is 13.8 Å². The van der Waals surface area contributed by atoms with Gasteiger partial charge in [0.1, 0.15) is 5.75 Å². The van der Waals surface area contributed by atoms with Crippen LogP contribution in [-0.2, 0) is 20.7 Å². The molecule has 7 heteroatoms. The molecule has 0 aliphatic heterocycles. The van der Waals surface area contributed by atoms with Crippen LogP contribution in [0.15, 0.2) is 23.6 Å². The highest BCUT2D eigenvalue weighted by atomic mass is 32.1. The maximum Gasteiger partial charge on any atom is 0.311 e. The van der Waals surface area contributed by atoms with Gasteiger partial charge in [0.25, 0.3) is 0 Å². The molecule has 1 aromatic carbocycles. The number of aromatic nitrogens is 1. The van der Waals surface area contributed by atoms with E-state index in [0.717, 1.165) is 11.3 Å². The molecular formula is C19H24N2O4S. The molecule has 0 saturated heterocycles. The molecule has 6 nitrogen and oxygen atoms in total. The molecule has 2 rings (SSSR count). The summed E-state index contributed by atoms with van der Waals surface area (Å²) in [6, 6.07) is 5.93. The number of amides is 1. The van der Waals surface area contributed by atoms with Crippen molar-refractivity contribution in [3.63, 3.8) is 0 Å². The zero-order chi connectivity index (χ0) is 18.9. The maximum atomic E-state index is 12.0. The van der Waals surface area contributed by atoms with Gasteiger partial charge >= 0.3 is 5.97 Å². The van der Waals surface area contributed by atoms with Gasteiger partial charge in [-0.1, -0.05) is 12.1 Å². The first-order valence-corrected chi connectivity index (χ1v) is 9.46. The Morgan fingerprint density at radius 3 is 2.85 bits per heavy atom. The fourth-order valence-electron chi connectivity index (χ4n) is 2.28. The second kappa shape index (κ2) is 9.91. The topological polar surface area (TPSA) is 77.5 Å². The summed E-state index contributed by atoms with van der Waals surface area (Å²) in [6.07, 6.45) is 1.07. The van der Waals surface area contributed by atoms with Crippen molar-refractivity contribution in [2.24, 2.45) is 0 Å². The second-order valence-corrected chi connectivity index (χ2v) is 6.68. The van der Waals surface area contributed by atoms with Gasteiger partial charge in [0.05, 0.1) is 25.3 Å². The number of anilines is 1. The van der Waals surface area contributed by atoms with Crippen molar-refractivity contribution in [3.05, 3.63) is 40.4 Å². The Labute approximate surface area is 157 Å². The Morgan fingerprint density at radius 1 is 1.27 bits per heavy atom. The molecule has 140 valence electrons. The van der Waals surface area contributed by atoms with Crippen LogP contribution >= 0.6 is 11.3 Å². The summed E-state index contributed by atoms with van der Waals surface area (Å²) >= 11 is 1.30. The predicted octanol–water partition coefficient (Wildman–Crippen LogP) is 3.66. The summed E-state index contributed by atoms with van der Waals surface area (Å²) in [5.41, 5.74) is 2.90. The Morgan fingerprint density at radius 2 is 2.08 bits per heavy atom. The van der Waals surface area contributed by atoms with Crippen LogP contribution in [0.1, 0.15) is 36.6 Å². The van der Waals surface area contributed by atoms with E-state index in [9.17, 15) is 9.59 Å². The van der Waals surface area contributed by atoms with Crippen molar-refractivity contribution < 1.29 is 19.1 Å².